The van der Waals surface area contributed by atoms with Gasteiger partial charge in [0.2, 0.25) is 5.88 Å². The maximum atomic E-state index is 12.6. The molecular weight excluding hydrogens is 240 g/mol. The number of ketones is 1. The number of hydrogen-bond acceptors (Lipinski definition) is 3. The van der Waals surface area contributed by atoms with Crippen LogP contribution in [-0.2, 0) is 7.05 Å². The second-order valence-electron chi connectivity index (χ2n) is 4.77. The van der Waals surface area contributed by atoms with Gasteiger partial charge in [-0.25, -0.2) is 4.68 Å². The fourth-order valence-electron chi connectivity index (χ4n) is 2.24. The number of carbonyl (C=O) groups is 1. The molecule has 1 heterocycles. The molecule has 100 valence electrons. The van der Waals surface area contributed by atoms with Crippen LogP contribution in [0.3, 0.4) is 0 Å². The SMILES string of the molecule is COc1c(C(=O)c2cc(C)cc(C)c2C)cnn1C. The maximum absolute atomic E-state index is 12.6. The van der Waals surface area contributed by atoms with Crippen molar-refractivity contribution in [1.82, 2.24) is 9.78 Å². The molecule has 0 aliphatic carbocycles. The number of methoxy groups -OCH3 is 1. The first-order valence-corrected chi connectivity index (χ1v) is 6.14. The van der Waals surface area contributed by atoms with E-state index in [4.69, 9.17) is 4.74 Å². The van der Waals surface area contributed by atoms with Crippen molar-refractivity contribution in [3.8, 4) is 5.88 Å². The molecule has 4 heteroatoms. The summed E-state index contributed by atoms with van der Waals surface area (Å²) in [7, 11) is 3.30. The number of hydrogen-bond donors (Lipinski definition) is 0. The molecule has 0 saturated carbocycles. The van der Waals surface area contributed by atoms with Crippen molar-refractivity contribution >= 4 is 5.78 Å². The monoisotopic (exact) mass is 258 g/mol. The van der Waals surface area contributed by atoms with Gasteiger partial charge in [-0.15, -0.1) is 0 Å². The van der Waals surface area contributed by atoms with Gasteiger partial charge in [0.05, 0.1) is 13.3 Å². The number of carbonyl (C=O) groups excluding carboxylic acids is 1. The molecule has 0 aliphatic rings. The average Bonchev–Trinajstić information content (AvgIpc) is 2.74. The zero-order valence-electron chi connectivity index (χ0n) is 11.9. The predicted octanol–water partition coefficient (Wildman–Crippen LogP) is 2.58. The van der Waals surface area contributed by atoms with Crippen LogP contribution in [0.1, 0.15) is 32.6 Å². The van der Waals surface area contributed by atoms with Crippen molar-refractivity contribution in [1.29, 1.82) is 0 Å². The largest absolute Gasteiger partial charge is 0.481 e. The van der Waals surface area contributed by atoms with Crippen LogP contribution in [0.2, 0.25) is 0 Å². The lowest BCUT2D eigenvalue weighted by Gasteiger charge is -2.10. The van der Waals surface area contributed by atoms with Gasteiger partial charge < -0.3 is 4.74 Å². The van der Waals surface area contributed by atoms with Gasteiger partial charge >= 0.3 is 0 Å². The second kappa shape index (κ2) is 4.88. The fraction of sp³-hybridized carbons (Fsp3) is 0.333. The molecule has 0 aliphatic heterocycles. The number of rotatable bonds is 3. The Balaban J connectivity index is 2.56. The molecule has 0 amide bonds. The Kier molecular flexibility index (Phi) is 3.42. The highest BCUT2D eigenvalue weighted by Gasteiger charge is 2.20. The van der Waals surface area contributed by atoms with Crippen molar-refractivity contribution in [2.75, 3.05) is 7.11 Å². The number of benzene rings is 1. The van der Waals surface area contributed by atoms with Gasteiger partial charge in [-0.1, -0.05) is 11.6 Å². The van der Waals surface area contributed by atoms with Crippen LogP contribution in [0.4, 0.5) is 0 Å². The summed E-state index contributed by atoms with van der Waals surface area (Å²) < 4.78 is 6.80. The van der Waals surface area contributed by atoms with Crippen LogP contribution in [-0.4, -0.2) is 22.7 Å². The number of ether oxygens (including phenoxy) is 1. The number of aromatic nitrogens is 2. The van der Waals surface area contributed by atoms with E-state index in [-0.39, 0.29) is 5.78 Å². The Morgan fingerprint density at radius 2 is 1.89 bits per heavy atom. The van der Waals surface area contributed by atoms with Gasteiger partial charge in [0.1, 0.15) is 5.56 Å². The minimum Gasteiger partial charge on any atom is -0.481 e. The Labute approximate surface area is 113 Å². The lowest BCUT2D eigenvalue weighted by molar-refractivity contribution is 0.103. The van der Waals surface area contributed by atoms with E-state index in [0.29, 0.717) is 17.0 Å². The Morgan fingerprint density at radius 1 is 1.21 bits per heavy atom. The Morgan fingerprint density at radius 3 is 2.53 bits per heavy atom. The van der Waals surface area contributed by atoms with Gasteiger partial charge in [-0.05, 0) is 38.0 Å². The normalized spacial score (nSPS) is 10.6. The summed E-state index contributed by atoms with van der Waals surface area (Å²) in [5, 5.41) is 4.08. The van der Waals surface area contributed by atoms with Crippen LogP contribution < -0.4 is 4.74 Å². The molecule has 2 rings (SSSR count). The zero-order valence-corrected chi connectivity index (χ0v) is 11.9. The summed E-state index contributed by atoms with van der Waals surface area (Å²) in [4.78, 5) is 12.6. The second-order valence-corrected chi connectivity index (χ2v) is 4.77. The van der Waals surface area contributed by atoms with Crippen molar-refractivity contribution < 1.29 is 9.53 Å². The highest BCUT2D eigenvalue weighted by molar-refractivity contribution is 6.11. The van der Waals surface area contributed by atoms with E-state index in [1.54, 1.807) is 25.0 Å². The molecule has 0 fully saturated rings. The highest BCUT2D eigenvalue weighted by atomic mass is 16.5. The molecule has 0 bridgehead atoms. The topological polar surface area (TPSA) is 44.1 Å². The van der Waals surface area contributed by atoms with Crippen molar-refractivity contribution in [2.24, 2.45) is 7.05 Å². The zero-order chi connectivity index (χ0) is 14.2. The van der Waals surface area contributed by atoms with Gasteiger partial charge in [0.15, 0.2) is 5.78 Å². The standard InChI is InChI=1S/C15H18N2O2/c1-9-6-10(2)11(3)12(7-9)14(18)13-8-16-17(4)15(13)19-5/h6-8H,1-5H3. The van der Waals surface area contributed by atoms with Crippen molar-refractivity contribution in [2.45, 2.75) is 20.8 Å². The summed E-state index contributed by atoms with van der Waals surface area (Å²) in [6.45, 7) is 5.97. The number of aryl methyl sites for hydroxylation is 3. The van der Waals surface area contributed by atoms with Gasteiger partial charge in [-0.2, -0.15) is 5.10 Å². The minimum absolute atomic E-state index is 0.0470. The van der Waals surface area contributed by atoms with Gasteiger partial charge in [-0.3, -0.25) is 4.79 Å². The first kappa shape index (κ1) is 13.3. The third-order valence-corrected chi connectivity index (χ3v) is 3.38. The Bertz CT molecular complexity index is 642. The molecule has 1 aromatic heterocycles. The van der Waals surface area contributed by atoms with Crippen LogP contribution >= 0.6 is 0 Å². The molecule has 19 heavy (non-hydrogen) atoms. The first-order chi connectivity index (χ1) is 8.95. The number of nitrogens with zero attached hydrogens (tertiary/aromatic N) is 2. The van der Waals surface area contributed by atoms with Crippen molar-refractivity contribution in [3.05, 3.63) is 46.1 Å². The molecular formula is C15H18N2O2. The molecule has 0 unspecified atom stereocenters. The Hall–Kier alpha value is -2.10. The summed E-state index contributed by atoms with van der Waals surface area (Å²) in [6, 6.07) is 3.99. The molecule has 0 spiro atoms. The predicted molar refractivity (Wildman–Crippen MR) is 73.8 cm³/mol. The molecule has 2 aromatic rings. The van der Waals surface area contributed by atoms with Crippen LogP contribution in [0.25, 0.3) is 0 Å². The van der Waals surface area contributed by atoms with E-state index in [2.05, 4.69) is 11.2 Å². The van der Waals surface area contributed by atoms with Gasteiger partial charge in [0, 0.05) is 12.6 Å². The third-order valence-electron chi connectivity index (χ3n) is 3.38. The minimum atomic E-state index is -0.0470. The fourth-order valence-corrected chi connectivity index (χ4v) is 2.24. The molecule has 4 nitrogen and oxygen atoms in total. The summed E-state index contributed by atoms with van der Waals surface area (Å²) in [5.41, 5.74) is 4.41. The highest BCUT2D eigenvalue weighted by Crippen LogP contribution is 2.24. The van der Waals surface area contributed by atoms with Crippen molar-refractivity contribution in [3.63, 3.8) is 0 Å². The molecule has 0 radical (unpaired) electrons. The van der Waals surface area contributed by atoms with Crippen LogP contribution in [0.5, 0.6) is 5.88 Å². The maximum Gasteiger partial charge on any atom is 0.222 e. The van der Waals surface area contributed by atoms with E-state index < -0.39 is 0 Å². The quantitative estimate of drug-likeness (QED) is 0.795. The average molecular weight is 258 g/mol. The van der Waals surface area contributed by atoms with E-state index in [9.17, 15) is 4.79 Å². The summed E-state index contributed by atoms with van der Waals surface area (Å²) in [5.74, 6) is 0.442. The van der Waals surface area contributed by atoms with E-state index >= 15 is 0 Å². The smallest absolute Gasteiger partial charge is 0.222 e. The lowest BCUT2D eigenvalue weighted by Crippen LogP contribution is -2.07. The molecule has 0 N–H and O–H groups in total. The van der Waals surface area contributed by atoms with E-state index in [1.165, 1.54) is 0 Å². The summed E-state index contributed by atoms with van der Waals surface area (Å²) >= 11 is 0. The molecule has 0 atom stereocenters. The van der Waals surface area contributed by atoms with Crippen LogP contribution in [0, 0.1) is 20.8 Å². The summed E-state index contributed by atoms with van der Waals surface area (Å²) in [6.07, 6.45) is 1.55. The first-order valence-electron chi connectivity index (χ1n) is 6.14. The third kappa shape index (κ3) is 2.26. The van der Waals surface area contributed by atoms with E-state index in [1.807, 2.05) is 26.8 Å². The van der Waals surface area contributed by atoms with E-state index in [0.717, 1.165) is 16.7 Å². The lowest BCUT2D eigenvalue weighted by atomic mass is 9.95. The van der Waals surface area contributed by atoms with Crippen LogP contribution in [0.15, 0.2) is 18.3 Å². The molecule has 0 saturated heterocycles. The van der Waals surface area contributed by atoms with Gasteiger partial charge in [0.25, 0.3) is 0 Å². The molecule has 1 aromatic carbocycles.